The van der Waals surface area contributed by atoms with Crippen molar-refractivity contribution in [2.24, 2.45) is 5.73 Å². The van der Waals surface area contributed by atoms with Gasteiger partial charge in [-0.15, -0.1) is 11.3 Å². The van der Waals surface area contributed by atoms with Crippen LogP contribution in [0.4, 0.5) is 5.00 Å². The molecule has 7 nitrogen and oxygen atoms in total. The highest BCUT2D eigenvalue weighted by Gasteiger charge is 2.34. The molecule has 1 amide bonds. The van der Waals surface area contributed by atoms with E-state index in [0.717, 1.165) is 21.8 Å². The molecule has 0 radical (unpaired) electrons. The van der Waals surface area contributed by atoms with E-state index in [2.05, 4.69) is 10.1 Å². The first-order valence-electron chi connectivity index (χ1n) is 7.95. The maximum atomic E-state index is 13.2. The first-order chi connectivity index (χ1) is 12.6. The number of imidazole rings is 1. The summed E-state index contributed by atoms with van der Waals surface area (Å²) in [6.45, 7) is 0.352. The predicted octanol–water partition coefficient (Wildman–Crippen LogP) is 3.03. The van der Waals surface area contributed by atoms with Crippen LogP contribution in [0, 0.1) is 0 Å². The van der Waals surface area contributed by atoms with E-state index in [1.165, 1.54) is 11.3 Å². The Balaban J connectivity index is 1.64. The number of halogens is 1. The third kappa shape index (κ3) is 2.27. The number of amides is 1. The smallest absolute Gasteiger partial charge is 0.277 e. The number of nitrogens with zero attached hydrogens (tertiary/aromatic N) is 5. The Morgan fingerprint density at radius 3 is 2.96 bits per heavy atom. The zero-order valence-corrected chi connectivity index (χ0v) is 15.0. The van der Waals surface area contributed by atoms with Gasteiger partial charge < -0.3 is 10.1 Å². The number of pyridine rings is 1. The quantitative estimate of drug-likeness (QED) is 0.576. The number of thiophene rings is 1. The van der Waals surface area contributed by atoms with E-state index in [1.807, 2.05) is 35.0 Å². The average molecular weight is 385 g/mol. The van der Waals surface area contributed by atoms with Crippen molar-refractivity contribution in [3.8, 4) is 11.1 Å². The average Bonchev–Trinajstić information content (AvgIpc) is 3.36. The van der Waals surface area contributed by atoms with E-state index in [4.69, 9.17) is 17.3 Å². The van der Waals surface area contributed by atoms with Gasteiger partial charge in [0.1, 0.15) is 17.5 Å². The van der Waals surface area contributed by atoms with Crippen molar-refractivity contribution in [1.82, 2.24) is 19.2 Å². The second-order valence-electron chi connectivity index (χ2n) is 6.02. The predicted molar refractivity (Wildman–Crippen MR) is 101 cm³/mol. The van der Waals surface area contributed by atoms with Gasteiger partial charge in [-0.25, -0.2) is 9.67 Å². The standard InChI is InChI=1S/C17H13ClN6OS/c18-12-2-4-15(26-12)23-9-13(19)24-16(17(23)25)11(7-21-24)10-1-3-14-20-5-6-22(14)8-10/h1-8,13H,9,19H2/t13-/m1/s1. The largest absolute Gasteiger partial charge is 0.308 e. The zero-order valence-electron chi connectivity index (χ0n) is 13.4. The van der Waals surface area contributed by atoms with Crippen LogP contribution < -0.4 is 10.6 Å². The monoisotopic (exact) mass is 384 g/mol. The molecule has 4 aromatic rings. The van der Waals surface area contributed by atoms with Crippen molar-refractivity contribution in [2.45, 2.75) is 6.17 Å². The molecule has 0 aromatic carbocycles. The molecule has 0 aliphatic carbocycles. The molecule has 5 rings (SSSR count). The van der Waals surface area contributed by atoms with Crippen LogP contribution >= 0.6 is 22.9 Å². The maximum Gasteiger partial charge on any atom is 0.277 e. The van der Waals surface area contributed by atoms with Crippen molar-refractivity contribution >= 4 is 39.5 Å². The lowest BCUT2D eigenvalue weighted by Crippen LogP contribution is -2.46. The summed E-state index contributed by atoms with van der Waals surface area (Å²) in [7, 11) is 0. The highest BCUT2D eigenvalue weighted by atomic mass is 35.5. The summed E-state index contributed by atoms with van der Waals surface area (Å²) in [5.41, 5.74) is 9.21. The normalized spacial score (nSPS) is 17.1. The van der Waals surface area contributed by atoms with E-state index >= 15 is 0 Å². The number of hydrogen-bond acceptors (Lipinski definition) is 5. The summed E-state index contributed by atoms with van der Waals surface area (Å²) in [6.07, 6.45) is 6.79. The summed E-state index contributed by atoms with van der Waals surface area (Å²) in [5.74, 6) is -0.136. The van der Waals surface area contributed by atoms with Gasteiger partial charge in [-0.05, 0) is 24.3 Å². The van der Waals surface area contributed by atoms with Gasteiger partial charge in [-0.2, -0.15) is 5.10 Å². The molecule has 26 heavy (non-hydrogen) atoms. The van der Waals surface area contributed by atoms with Gasteiger partial charge >= 0.3 is 0 Å². The van der Waals surface area contributed by atoms with E-state index in [0.29, 0.717) is 16.6 Å². The number of carbonyl (C=O) groups is 1. The summed E-state index contributed by atoms with van der Waals surface area (Å²) in [4.78, 5) is 19.1. The lowest BCUT2D eigenvalue weighted by Gasteiger charge is -2.31. The molecule has 130 valence electrons. The minimum absolute atomic E-state index is 0.136. The molecule has 0 bridgehead atoms. The van der Waals surface area contributed by atoms with Gasteiger partial charge in [0.25, 0.3) is 5.91 Å². The summed E-state index contributed by atoms with van der Waals surface area (Å²) >= 11 is 7.39. The zero-order chi connectivity index (χ0) is 17.8. The van der Waals surface area contributed by atoms with Gasteiger partial charge in [0.2, 0.25) is 0 Å². The fourth-order valence-corrected chi connectivity index (χ4v) is 4.27. The summed E-state index contributed by atoms with van der Waals surface area (Å²) < 4.78 is 4.14. The number of aromatic nitrogens is 4. The second-order valence-corrected chi connectivity index (χ2v) is 7.72. The van der Waals surface area contributed by atoms with Gasteiger partial charge in [0.15, 0.2) is 0 Å². The van der Waals surface area contributed by atoms with Crippen LogP contribution in [0.15, 0.2) is 49.1 Å². The van der Waals surface area contributed by atoms with Gasteiger partial charge in [-0.3, -0.25) is 9.69 Å². The third-order valence-electron chi connectivity index (χ3n) is 4.45. The highest BCUT2D eigenvalue weighted by Crippen LogP contribution is 2.35. The molecule has 1 aliphatic rings. The van der Waals surface area contributed by atoms with Crippen molar-refractivity contribution in [2.75, 3.05) is 11.4 Å². The molecule has 2 N–H and O–H groups in total. The maximum absolute atomic E-state index is 13.2. The number of carbonyl (C=O) groups excluding carboxylic acids is 1. The summed E-state index contributed by atoms with van der Waals surface area (Å²) in [5, 5.41) is 5.14. The van der Waals surface area contributed by atoms with E-state index in [-0.39, 0.29) is 5.91 Å². The molecule has 9 heteroatoms. The van der Waals surface area contributed by atoms with Crippen molar-refractivity contribution in [1.29, 1.82) is 0 Å². The molecule has 0 saturated heterocycles. The lowest BCUT2D eigenvalue weighted by molar-refractivity contribution is 0.0953. The molecular formula is C17H13ClN6OS. The third-order valence-corrected chi connectivity index (χ3v) is 5.71. The van der Waals surface area contributed by atoms with Crippen molar-refractivity contribution in [3.05, 3.63) is 59.1 Å². The highest BCUT2D eigenvalue weighted by molar-refractivity contribution is 7.20. The number of nitrogens with two attached hydrogens (primary N) is 1. The molecule has 4 aromatic heterocycles. The second kappa shape index (κ2) is 5.66. The molecule has 0 unspecified atom stereocenters. The van der Waals surface area contributed by atoms with Crippen LogP contribution in [-0.2, 0) is 0 Å². The summed E-state index contributed by atoms with van der Waals surface area (Å²) in [6, 6.07) is 7.45. The molecule has 1 aliphatic heterocycles. The van der Waals surface area contributed by atoms with Crippen molar-refractivity contribution < 1.29 is 4.79 Å². The lowest BCUT2D eigenvalue weighted by atomic mass is 10.1. The van der Waals surface area contributed by atoms with Crippen LogP contribution in [0.2, 0.25) is 4.34 Å². The van der Waals surface area contributed by atoms with Crippen LogP contribution in [0.5, 0.6) is 0 Å². The molecule has 0 fully saturated rings. The van der Waals surface area contributed by atoms with Crippen molar-refractivity contribution in [3.63, 3.8) is 0 Å². The number of hydrogen-bond donors (Lipinski definition) is 1. The fourth-order valence-electron chi connectivity index (χ4n) is 3.23. The Labute approximate surface area is 157 Å². The van der Waals surface area contributed by atoms with Crippen LogP contribution in [-0.4, -0.2) is 31.6 Å². The minimum atomic E-state index is -0.422. The van der Waals surface area contributed by atoms with Gasteiger partial charge in [0, 0.05) is 29.7 Å². The molecule has 1 atom stereocenters. The van der Waals surface area contributed by atoms with Gasteiger partial charge in [-0.1, -0.05) is 11.6 Å². The Morgan fingerprint density at radius 1 is 1.27 bits per heavy atom. The van der Waals surface area contributed by atoms with Crippen LogP contribution in [0.3, 0.4) is 0 Å². The van der Waals surface area contributed by atoms with E-state index < -0.39 is 6.17 Å². The Hall–Kier alpha value is -2.68. The first kappa shape index (κ1) is 15.6. The minimum Gasteiger partial charge on any atom is -0.308 e. The number of anilines is 1. The van der Waals surface area contributed by atoms with Crippen LogP contribution in [0.25, 0.3) is 16.8 Å². The number of rotatable bonds is 2. The molecule has 5 heterocycles. The molecular weight excluding hydrogens is 372 g/mol. The number of fused-ring (bicyclic) bond motifs is 2. The molecule has 0 spiro atoms. The Morgan fingerprint density at radius 2 is 2.15 bits per heavy atom. The Bertz CT molecular complexity index is 1150. The SMILES string of the molecule is N[C@H]1CN(c2ccc(Cl)s2)C(=O)c2c(-c3ccc4nccn4c3)cnn21. The van der Waals surface area contributed by atoms with E-state index in [1.54, 1.807) is 28.0 Å². The van der Waals surface area contributed by atoms with Gasteiger partial charge in [0.05, 0.1) is 22.1 Å². The first-order valence-corrected chi connectivity index (χ1v) is 9.14. The van der Waals surface area contributed by atoms with Crippen LogP contribution in [0.1, 0.15) is 16.7 Å². The van der Waals surface area contributed by atoms with E-state index in [9.17, 15) is 4.79 Å². The topological polar surface area (TPSA) is 81.4 Å². The fraction of sp³-hybridized carbons (Fsp3) is 0.118. The molecule has 0 saturated carbocycles. The Kier molecular flexibility index (Phi) is 3.39.